The fourth-order valence-corrected chi connectivity index (χ4v) is 7.25. The van der Waals surface area contributed by atoms with Crippen molar-refractivity contribution in [2.45, 2.75) is 0 Å². The van der Waals surface area contributed by atoms with Gasteiger partial charge in [0.2, 0.25) is 0 Å². The van der Waals surface area contributed by atoms with Gasteiger partial charge in [-0.3, -0.25) is 0 Å². The molecule has 0 atom stereocenters. The first-order chi connectivity index (χ1) is 12.3. The second-order valence-electron chi connectivity index (χ2n) is 5.18. The monoisotopic (exact) mass is 411 g/mol. The van der Waals surface area contributed by atoms with Crippen LogP contribution in [0.4, 0.5) is 0 Å². The zero-order valence-corrected chi connectivity index (χ0v) is 15.9. The molecule has 1 radical (unpaired) electrons. The fourth-order valence-electron chi connectivity index (χ4n) is 2.48. The largest absolute Gasteiger partial charge is 0.346 e. The summed E-state index contributed by atoms with van der Waals surface area (Å²) in [6, 6.07) is 32.1. The zero-order valence-electron chi connectivity index (χ0n) is 13.4. The van der Waals surface area contributed by atoms with Gasteiger partial charge in [0, 0.05) is 11.2 Å². The minimum atomic E-state index is -1.71. The highest BCUT2D eigenvalue weighted by Gasteiger charge is 2.30. The molecule has 0 bridgehead atoms. The molecule has 0 saturated heterocycles. The van der Waals surface area contributed by atoms with Crippen LogP contribution in [0.5, 0.6) is 0 Å². The van der Waals surface area contributed by atoms with Crippen molar-refractivity contribution in [3.63, 3.8) is 0 Å². The van der Waals surface area contributed by atoms with Crippen LogP contribution in [0, 0.1) is 0 Å². The summed E-state index contributed by atoms with van der Waals surface area (Å²) in [6.07, 6.45) is 2.88. The smallest absolute Gasteiger partial charge is 0.144 e. The minimum Gasteiger partial charge on any atom is -0.346 e. The van der Waals surface area contributed by atoms with Crippen LogP contribution >= 0.6 is 21.5 Å². The molecule has 0 aliphatic carbocycles. The lowest BCUT2D eigenvalue weighted by Gasteiger charge is -2.31. The van der Waals surface area contributed by atoms with E-state index in [-0.39, 0.29) is 0 Å². The Morgan fingerprint density at radius 2 is 1.04 bits per heavy atom. The van der Waals surface area contributed by atoms with Gasteiger partial charge in [0.25, 0.3) is 0 Å². The Labute approximate surface area is 155 Å². The van der Waals surface area contributed by atoms with Gasteiger partial charge in [-0.2, -0.15) is 0 Å². The van der Waals surface area contributed by atoms with Crippen LogP contribution in [-0.2, 0) is 0 Å². The third-order valence-electron chi connectivity index (χ3n) is 3.62. The maximum absolute atomic E-state index is 4.22. The van der Waals surface area contributed by atoms with Crippen molar-refractivity contribution in [3.05, 3.63) is 103 Å². The molecule has 125 valence electrons. The summed E-state index contributed by atoms with van der Waals surface area (Å²) in [5.41, 5.74) is 0. The molecule has 0 N–H and O–H groups in total. The Morgan fingerprint density at radius 1 is 0.640 bits per heavy atom. The van der Waals surface area contributed by atoms with Crippen LogP contribution in [0.25, 0.3) is 0 Å². The first-order valence-corrected chi connectivity index (χ1v) is 11.6. The number of hydrogen-bond donors (Lipinski definition) is 0. The molecule has 4 aromatic rings. The van der Waals surface area contributed by atoms with Gasteiger partial charge in [-0.05, 0) is 15.9 Å². The second kappa shape index (κ2) is 8.70. The van der Waals surface area contributed by atoms with Crippen LogP contribution in [0.2, 0.25) is 0 Å². The third kappa shape index (κ3) is 4.22. The molecule has 0 aliphatic heterocycles. The van der Waals surface area contributed by atoms with Crippen molar-refractivity contribution in [3.8, 4) is 0 Å². The van der Waals surface area contributed by atoms with Gasteiger partial charge in [0.05, 0.1) is 6.20 Å². The Kier molecular flexibility index (Phi) is 6.10. The predicted octanol–water partition coefficient (Wildman–Crippen LogP) is 4.36. The zero-order chi connectivity index (χ0) is 17.4. The summed E-state index contributed by atoms with van der Waals surface area (Å²) in [4.78, 5) is 0. The summed E-state index contributed by atoms with van der Waals surface area (Å²) in [6.45, 7) is 0. The van der Waals surface area contributed by atoms with Crippen LogP contribution in [0.15, 0.2) is 108 Å². The molecular formula is C20H17BrN2OP. The molecule has 0 amide bonds. The lowest BCUT2D eigenvalue weighted by atomic mass is 10.4. The van der Waals surface area contributed by atoms with Crippen LogP contribution in [0.1, 0.15) is 0 Å². The predicted molar refractivity (Wildman–Crippen MR) is 108 cm³/mol. The SMILES string of the molecule is Br[P](c1ccccc1)(c1ccccc1)c1ccccc1.c1conn1. The molecule has 0 spiro atoms. The average Bonchev–Trinajstić information content (AvgIpc) is 3.30. The van der Waals surface area contributed by atoms with Crippen molar-refractivity contribution >= 4 is 37.4 Å². The summed E-state index contributed by atoms with van der Waals surface area (Å²) in [7, 11) is 0. The summed E-state index contributed by atoms with van der Waals surface area (Å²) in [5.74, 6) is -1.71. The van der Waals surface area contributed by atoms with Crippen molar-refractivity contribution in [1.82, 2.24) is 10.4 Å². The molecule has 25 heavy (non-hydrogen) atoms. The molecule has 0 aliphatic rings. The van der Waals surface area contributed by atoms with E-state index in [1.807, 2.05) is 0 Å². The first kappa shape index (κ1) is 17.5. The van der Waals surface area contributed by atoms with Crippen molar-refractivity contribution < 1.29 is 4.52 Å². The standard InChI is InChI=1S/C18H15BrP.C2H2N2O/c19-20(16-10-4-1-5-11-16,17-12-6-2-7-13-17)18-14-8-3-9-15-18;1-2-5-4-3-1/h1-15H;1-2H. The Bertz CT molecular complexity index is 742. The van der Waals surface area contributed by atoms with Crippen LogP contribution in [-0.4, -0.2) is 10.4 Å². The quantitative estimate of drug-likeness (QED) is 0.470. The molecule has 3 aromatic carbocycles. The van der Waals surface area contributed by atoms with E-state index in [0.717, 1.165) is 0 Å². The molecule has 1 heterocycles. The molecule has 3 nitrogen and oxygen atoms in total. The topological polar surface area (TPSA) is 38.9 Å². The lowest BCUT2D eigenvalue weighted by Crippen LogP contribution is -2.26. The summed E-state index contributed by atoms with van der Waals surface area (Å²) in [5, 5.41) is 10.4. The lowest BCUT2D eigenvalue weighted by molar-refractivity contribution is 0.393. The number of rotatable bonds is 3. The van der Waals surface area contributed by atoms with Crippen LogP contribution in [0.3, 0.4) is 0 Å². The normalized spacial score (nSPS) is 10.6. The molecule has 0 unspecified atom stereocenters. The van der Waals surface area contributed by atoms with E-state index in [1.54, 1.807) is 0 Å². The van der Waals surface area contributed by atoms with Gasteiger partial charge in [0.15, 0.2) is 0 Å². The molecule has 1 aromatic heterocycles. The van der Waals surface area contributed by atoms with E-state index in [4.69, 9.17) is 0 Å². The molecule has 5 heteroatoms. The maximum atomic E-state index is 4.22. The number of nitrogens with zero attached hydrogens (tertiary/aromatic N) is 2. The summed E-state index contributed by atoms with van der Waals surface area (Å²) >= 11 is 4.12. The maximum Gasteiger partial charge on any atom is 0.144 e. The number of hydrogen-bond acceptors (Lipinski definition) is 3. The molecular weight excluding hydrogens is 395 g/mol. The van der Waals surface area contributed by atoms with Crippen molar-refractivity contribution in [2.75, 3.05) is 0 Å². The molecule has 0 fully saturated rings. The Morgan fingerprint density at radius 3 is 1.28 bits per heavy atom. The van der Waals surface area contributed by atoms with Gasteiger partial charge in [0.1, 0.15) is 6.26 Å². The van der Waals surface area contributed by atoms with Crippen molar-refractivity contribution in [2.24, 2.45) is 0 Å². The highest BCUT2D eigenvalue weighted by Crippen LogP contribution is 2.62. The highest BCUT2D eigenvalue weighted by atomic mass is 79.9. The van der Waals surface area contributed by atoms with E-state index in [0.29, 0.717) is 0 Å². The number of benzene rings is 3. The van der Waals surface area contributed by atoms with E-state index < -0.39 is 5.96 Å². The molecule has 4 rings (SSSR count). The fraction of sp³-hybridized carbons (Fsp3) is 0. The molecule has 0 saturated carbocycles. The van der Waals surface area contributed by atoms with Gasteiger partial charge in [-0.1, -0.05) is 106 Å². The van der Waals surface area contributed by atoms with E-state index in [1.165, 1.54) is 28.4 Å². The van der Waals surface area contributed by atoms with Crippen LogP contribution < -0.4 is 15.9 Å². The van der Waals surface area contributed by atoms with E-state index >= 15 is 0 Å². The summed E-state index contributed by atoms with van der Waals surface area (Å²) < 4.78 is 4.22. The number of halogens is 1. The number of aromatic nitrogens is 2. The first-order valence-electron chi connectivity index (χ1n) is 7.78. The Hall–Kier alpha value is -2.29. The van der Waals surface area contributed by atoms with Gasteiger partial charge >= 0.3 is 0 Å². The van der Waals surface area contributed by atoms with E-state index in [9.17, 15) is 0 Å². The van der Waals surface area contributed by atoms with Gasteiger partial charge in [-0.25, -0.2) is 0 Å². The highest BCUT2D eigenvalue weighted by molar-refractivity contribution is 9.44. The van der Waals surface area contributed by atoms with E-state index in [2.05, 4.69) is 121 Å². The van der Waals surface area contributed by atoms with Gasteiger partial charge in [-0.15, -0.1) is 5.10 Å². The van der Waals surface area contributed by atoms with Gasteiger partial charge < -0.3 is 4.52 Å². The van der Waals surface area contributed by atoms with Crippen molar-refractivity contribution in [1.29, 1.82) is 0 Å². The average molecular weight is 412 g/mol. The second-order valence-corrected chi connectivity index (χ2v) is 11.1. The minimum absolute atomic E-state index is 1.34. The Balaban J connectivity index is 0.000000314. The third-order valence-corrected chi connectivity index (χ3v) is 10.3.